The molecule has 3 heteroatoms. The van der Waals surface area contributed by atoms with Gasteiger partial charge < -0.3 is 4.74 Å². The number of benzene rings is 2. The molecule has 1 unspecified atom stereocenters. The highest BCUT2D eigenvalue weighted by Gasteiger charge is 2.21. The third-order valence-corrected chi connectivity index (χ3v) is 3.57. The fourth-order valence-electron chi connectivity index (χ4n) is 2.65. The predicted molar refractivity (Wildman–Crippen MR) is 75.9 cm³/mol. The molecule has 0 fully saturated rings. The van der Waals surface area contributed by atoms with E-state index >= 15 is 0 Å². The Balaban J connectivity index is 2.05. The van der Waals surface area contributed by atoms with Crippen molar-refractivity contribution in [3.8, 4) is 5.75 Å². The molecule has 0 radical (unpaired) electrons. The molecule has 1 heterocycles. The van der Waals surface area contributed by atoms with Crippen molar-refractivity contribution in [1.82, 2.24) is 5.43 Å². The molecule has 0 spiro atoms. The lowest BCUT2D eigenvalue weighted by Crippen LogP contribution is -2.29. The van der Waals surface area contributed by atoms with Crippen molar-refractivity contribution in [2.45, 2.75) is 18.9 Å². The van der Waals surface area contributed by atoms with E-state index in [0.717, 1.165) is 36.3 Å². The number of hydrazine groups is 1. The monoisotopic (exact) mass is 254 g/mol. The van der Waals surface area contributed by atoms with Crippen molar-refractivity contribution in [2.24, 2.45) is 5.84 Å². The van der Waals surface area contributed by atoms with Gasteiger partial charge in [-0.3, -0.25) is 5.84 Å². The van der Waals surface area contributed by atoms with Crippen molar-refractivity contribution in [3.63, 3.8) is 0 Å². The molecule has 19 heavy (non-hydrogen) atoms. The van der Waals surface area contributed by atoms with Gasteiger partial charge in [0.05, 0.1) is 12.6 Å². The van der Waals surface area contributed by atoms with Crippen LogP contribution in [-0.2, 0) is 6.42 Å². The van der Waals surface area contributed by atoms with Crippen LogP contribution in [0.25, 0.3) is 0 Å². The van der Waals surface area contributed by atoms with Gasteiger partial charge in [0.2, 0.25) is 0 Å². The Morgan fingerprint density at radius 2 is 1.89 bits per heavy atom. The second kappa shape index (κ2) is 5.43. The zero-order valence-electron chi connectivity index (χ0n) is 10.8. The summed E-state index contributed by atoms with van der Waals surface area (Å²) in [5.74, 6) is 6.76. The maximum atomic E-state index is 5.86. The summed E-state index contributed by atoms with van der Waals surface area (Å²) >= 11 is 0. The minimum atomic E-state index is -0.0331. The first-order chi connectivity index (χ1) is 9.40. The molecule has 1 aliphatic heterocycles. The molecular weight excluding hydrogens is 236 g/mol. The zero-order chi connectivity index (χ0) is 13.1. The summed E-state index contributed by atoms with van der Waals surface area (Å²) in [4.78, 5) is 0. The van der Waals surface area contributed by atoms with Crippen molar-refractivity contribution in [1.29, 1.82) is 0 Å². The molecule has 0 bridgehead atoms. The van der Waals surface area contributed by atoms with E-state index in [-0.39, 0.29) is 6.04 Å². The average molecular weight is 254 g/mol. The zero-order valence-corrected chi connectivity index (χ0v) is 10.8. The van der Waals surface area contributed by atoms with E-state index < -0.39 is 0 Å². The maximum Gasteiger partial charge on any atom is 0.127 e. The molecule has 0 amide bonds. The van der Waals surface area contributed by atoms with Gasteiger partial charge >= 0.3 is 0 Å². The Labute approximate surface area is 113 Å². The van der Waals surface area contributed by atoms with Gasteiger partial charge in [0.1, 0.15) is 5.75 Å². The Hall–Kier alpha value is -1.84. The summed E-state index contributed by atoms with van der Waals surface area (Å²) in [6, 6.07) is 16.5. The quantitative estimate of drug-likeness (QED) is 0.653. The molecule has 0 saturated carbocycles. The van der Waals surface area contributed by atoms with E-state index in [1.165, 1.54) is 5.56 Å². The van der Waals surface area contributed by atoms with Crippen LogP contribution in [0.1, 0.15) is 29.2 Å². The number of rotatable bonds is 3. The summed E-state index contributed by atoms with van der Waals surface area (Å²) in [7, 11) is 0. The smallest absolute Gasteiger partial charge is 0.127 e. The van der Waals surface area contributed by atoms with Gasteiger partial charge in [0, 0.05) is 5.56 Å². The largest absolute Gasteiger partial charge is 0.493 e. The molecule has 1 atom stereocenters. The molecule has 2 aromatic rings. The molecule has 0 saturated heterocycles. The first-order valence-corrected chi connectivity index (χ1v) is 6.66. The molecule has 0 aliphatic carbocycles. The van der Waals surface area contributed by atoms with Crippen LogP contribution in [0.3, 0.4) is 0 Å². The lowest BCUT2D eigenvalue weighted by molar-refractivity contribution is 0.283. The van der Waals surface area contributed by atoms with Gasteiger partial charge in [-0.2, -0.15) is 0 Å². The van der Waals surface area contributed by atoms with Gasteiger partial charge in [0.15, 0.2) is 0 Å². The van der Waals surface area contributed by atoms with E-state index in [1.807, 2.05) is 18.2 Å². The van der Waals surface area contributed by atoms with Gasteiger partial charge in [0.25, 0.3) is 0 Å². The number of fused-ring (bicyclic) bond motifs is 1. The Kier molecular flexibility index (Phi) is 3.49. The third-order valence-electron chi connectivity index (χ3n) is 3.57. The third kappa shape index (κ3) is 2.35. The van der Waals surface area contributed by atoms with Crippen LogP contribution >= 0.6 is 0 Å². The number of hydrogen-bond donors (Lipinski definition) is 2. The van der Waals surface area contributed by atoms with Crippen LogP contribution in [0, 0.1) is 0 Å². The van der Waals surface area contributed by atoms with Crippen molar-refractivity contribution >= 4 is 0 Å². The Morgan fingerprint density at radius 3 is 2.68 bits per heavy atom. The molecule has 3 rings (SSSR count). The number of hydrogen-bond acceptors (Lipinski definition) is 3. The SMILES string of the molecule is NNC(c1ccccc1)c1cccc2c1OCCC2. The van der Waals surface area contributed by atoms with Crippen LogP contribution in [-0.4, -0.2) is 6.61 Å². The fourth-order valence-corrected chi connectivity index (χ4v) is 2.65. The lowest BCUT2D eigenvalue weighted by atomic mass is 9.94. The second-order valence-electron chi connectivity index (χ2n) is 4.80. The summed E-state index contributed by atoms with van der Waals surface area (Å²) < 4.78 is 5.86. The van der Waals surface area contributed by atoms with Crippen LogP contribution in [0.2, 0.25) is 0 Å². The molecule has 3 N–H and O–H groups in total. The minimum Gasteiger partial charge on any atom is -0.493 e. The van der Waals surface area contributed by atoms with E-state index in [9.17, 15) is 0 Å². The second-order valence-corrected chi connectivity index (χ2v) is 4.80. The van der Waals surface area contributed by atoms with Gasteiger partial charge in [-0.1, -0.05) is 48.5 Å². The predicted octanol–water partition coefficient (Wildman–Crippen LogP) is 2.56. The van der Waals surface area contributed by atoms with Gasteiger partial charge in [-0.05, 0) is 24.0 Å². The first-order valence-electron chi connectivity index (χ1n) is 6.66. The topological polar surface area (TPSA) is 47.3 Å². The molecule has 1 aliphatic rings. The minimum absolute atomic E-state index is 0.0331. The highest BCUT2D eigenvalue weighted by atomic mass is 16.5. The highest BCUT2D eigenvalue weighted by Crippen LogP contribution is 2.35. The normalized spacial score (nSPS) is 15.4. The fraction of sp³-hybridized carbons (Fsp3) is 0.250. The maximum absolute atomic E-state index is 5.86. The molecule has 2 aromatic carbocycles. The summed E-state index contributed by atoms with van der Waals surface area (Å²) in [6.45, 7) is 0.788. The van der Waals surface area contributed by atoms with Crippen LogP contribution in [0.15, 0.2) is 48.5 Å². The van der Waals surface area contributed by atoms with Crippen LogP contribution in [0.5, 0.6) is 5.75 Å². The lowest BCUT2D eigenvalue weighted by Gasteiger charge is -2.25. The van der Waals surface area contributed by atoms with E-state index in [0.29, 0.717) is 0 Å². The van der Waals surface area contributed by atoms with Crippen LogP contribution < -0.4 is 16.0 Å². The first kappa shape index (κ1) is 12.2. The molecular formula is C16H18N2O. The number of ether oxygens (including phenoxy) is 1. The van der Waals surface area contributed by atoms with E-state index in [4.69, 9.17) is 10.6 Å². The number of aryl methyl sites for hydroxylation is 1. The van der Waals surface area contributed by atoms with E-state index in [1.54, 1.807) is 0 Å². The summed E-state index contributed by atoms with van der Waals surface area (Å²) in [5.41, 5.74) is 6.44. The van der Waals surface area contributed by atoms with Crippen molar-refractivity contribution in [2.75, 3.05) is 6.61 Å². The Bertz CT molecular complexity index is 554. The summed E-state index contributed by atoms with van der Waals surface area (Å²) in [5, 5.41) is 0. The van der Waals surface area contributed by atoms with Crippen LogP contribution in [0.4, 0.5) is 0 Å². The van der Waals surface area contributed by atoms with Crippen molar-refractivity contribution in [3.05, 3.63) is 65.2 Å². The highest BCUT2D eigenvalue weighted by molar-refractivity contribution is 5.47. The van der Waals surface area contributed by atoms with Gasteiger partial charge in [-0.15, -0.1) is 0 Å². The van der Waals surface area contributed by atoms with E-state index in [2.05, 4.69) is 35.8 Å². The number of nitrogens with two attached hydrogens (primary N) is 1. The standard InChI is InChI=1S/C16H18N2O/c17-18-15(12-6-2-1-3-7-12)14-10-4-8-13-9-5-11-19-16(13)14/h1-4,6-8,10,15,18H,5,9,11,17H2. The average Bonchev–Trinajstić information content (AvgIpc) is 2.49. The number of nitrogens with one attached hydrogen (secondary N) is 1. The van der Waals surface area contributed by atoms with Crippen molar-refractivity contribution < 1.29 is 4.74 Å². The Morgan fingerprint density at radius 1 is 1.05 bits per heavy atom. The van der Waals surface area contributed by atoms with Gasteiger partial charge in [-0.25, -0.2) is 5.43 Å². The summed E-state index contributed by atoms with van der Waals surface area (Å²) in [6.07, 6.45) is 2.16. The number of para-hydroxylation sites is 1. The molecule has 3 nitrogen and oxygen atoms in total. The molecule has 98 valence electrons. The molecule has 0 aromatic heterocycles.